The van der Waals surface area contributed by atoms with Gasteiger partial charge in [0.15, 0.2) is 0 Å². The first kappa shape index (κ1) is 7.30. The number of halogens is 1. The molecular formula is C7H4INOS. The Morgan fingerprint density at radius 2 is 2.45 bits per heavy atom. The molecule has 2 rings (SSSR count). The van der Waals surface area contributed by atoms with E-state index in [1.54, 1.807) is 17.6 Å². The molecule has 11 heavy (non-hydrogen) atoms. The van der Waals surface area contributed by atoms with Crippen LogP contribution in [-0.4, -0.2) is 4.98 Å². The average Bonchev–Trinajstić information content (AvgIpc) is 2.55. The highest BCUT2D eigenvalue weighted by molar-refractivity contribution is 14.1. The van der Waals surface area contributed by atoms with E-state index in [9.17, 15) is 0 Å². The second-order valence-electron chi connectivity index (χ2n) is 1.96. The summed E-state index contributed by atoms with van der Waals surface area (Å²) in [5.74, 6) is 0. The van der Waals surface area contributed by atoms with Crippen molar-refractivity contribution in [3.8, 4) is 10.6 Å². The summed E-state index contributed by atoms with van der Waals surface area (Å²) in [7, 11) is 0. The molecule has 0 radical (unpaired) electrons. The predicted octanol–water partition coefficient (Wildman–Crippen LogP) is 3.01. The first-order valence-corrected chi connectivity index (χ1v) is 4.97. The van der Waals surface area contributed by atoms with E-state index in [4.69, 9.17) is 4.42 Å². The number of thiophene rings is 1. The molecule has 0 saturated carbocycles. The smallest absolute Gasteiger partial charge is 0.257 e. The van der Waals surface area contributed by atoms with Gasteiger partial charge in [-0.05, 0) is 11.4 Å². The van der Waals surface area contributed by atoms with Crippen LogP contribution in [0.3, 0.4) is 0 Å². The van der Waals surface area contributed by atoms with E-state index >= 15 is 0 Å². The molecule has 0 unspecified atom stereocenters. The van der Waals surface area contributed by atoms with Crippen LogP contribution >= 0.6 is 33.9 Å². The fraction of sp³-hybridized carbons (Fsp3) is 0. The van der Waals surface area contributed by atoms with Crippen molar-refractivity contribution in [1.82, 2.24) is 4.98 Å². The van der Waals surface area contributed by atoms with Crippen LogP contribution in [0.15, 0.2) is 28.2 Å². The Morgan fingerprint density at radius 3 is 3.00 bits per heavy atom. The van der Waals surface area contributed by atoms with Gasteiger partial charge in [-0.3, -0.25) is 0 Å². The van der Waals surface area contributed by atoms with Crippen molar-refractivity contribution in [1.29, 1.82) is 0 Å². The Kier molecular flexibility index (Phi) is 1.95. The topological polar surface area (TPSA) is 26.0 Å². The monoisotopic (exact) mass is 277 g/mol. The van der Waals surface area contributed by atoms with E-state index in [2.05, 4.69) is 27.6 Å². The van der Waals surface area contributed by atoms with E-state index in [0.29, 0.717) is 3.90 Å². The van der Waals surface area contributed by atoms with Crippen molar-refractivity contribution in [3.63, 3.8) is 0 Å². The summed E-state index contributed by atoms with van der Waals surface area (Å²) in [6.45, 7) is 0. The van der Waals surface area contributed by atoms with E-state index in [-0.39, 0.29) is 0 Å². The summed E-state index contributed by atoms with van der Waals surface area (Å²) >= 11 is 3.72. The fourth-order valence-electron chi connectivity index (χ4n) is 0.789. The fourth-order valence-corrected chi connectivity index (χ4v) is 1.85. The molecule has 0 atom stereocenters. The summed E-state index contributed by atoms with van der Waals surface area (Å²) in [4.78, 5) is 5.33. The number of oxazole rings is 1. The van der Waals surface area contributed by atoms with Crippen molar-refractivity contribution in [3.05, 3.63) is 27.7 Å². The Hall–Kier alpha value is -0.360. The standard InChI is InChI=1S/C7H4INOS/c8-7-9-5(4-10-7)6-2-1-3-11-6/h1-4H. The van der Waals surface area contributed by atoms with E-state index in [0.717, 1.165) is 10.6 Å². The second kappa shape index (κ2) is 2.94. The lowest BCUT2D eigenvalue weighted by Gasteiger charge is -1.82. The van der Waals surface area contributed by atoms with Crippen LogP contribution in [0.2, 0.25) is 0 Å². The molecule has 2 nitrogen and oxygen atoms in total. The highest BCUT2D eigenvalue weighted by atomic mass is 127. The van der Waals surface area contributed by atoms with Crippen molar-refractivity contribution < 1.29 is 4.42 Å². The van der Waals surface area contributed by atoms with E-state index < -0.39 is 0 Å². The number of aromatic nitrogens is 1. The van der Waals surface area contributed by atoms with Crippen LogP contribution in [0, 0.1) is 3.90 Å². The minimum atomic E-state index is 0.686. The zero-order valence-corrected chi connectivity index (χ0v) is 8.43. The third-order valence-corrected chi connectivity index (χ3v) is 2.64. The maximum Gasteiger partial charge on any atom is 0.257 e. The van der Waals surface area contributed by atoms with Crippen LogP contribution in [-0.2, 0) is 0 Å². The molecule has 2 heterocycles. The normalized spacial score (nSPS) is 10.3. The Morgan fingerprint density at radius 1 is 1.55 bits per heavy atom. The lowest BCUT2D eigenvalue weighted by atomic mass is 10.4. The van der Waals surface area contributed by atoms with Gasteiger partial charge in [-0.15, -0.1) is 11.3 Å². The van der Waals surface area contributed by atoms with Gasteiger partial charge < -0.3 is 4.42 Å². The molecule has 0 aromatic carbocycles. The van der Waals surface area contributed by atoms with Crippen LogP contribution in [0.4, 0.5) is 0 Å². The van der Waals surface area contributed by atoms with Crippen LogP contribution in [0.1, 0.15) is 0 Å². The third kappa shape index (κ3) is 1.46. The van der Waals surface area contributed by atoms with Gasteiger partial charge in [-0.1, -0.05) is 6.07 Å². The van der Waals surface area contributed by atoms with Gasteiger partial charge in [0.2, 0.25) is 0 Å². The van der Waals surface area contributed by atoms with Crippen molar-refractivity contribution >= 4 is 33.9 Å². The molecule has 56 valence electrons. The molecular weight excluding hydrogens is 273 g/mol. The minimum absolute atomic E-state index is 0.686. The molecule has 0 aliphatic heterocycles. The SMILES string of the molecule is Ic1nc(-c2cccs2)co1. The number of hydrogen-bond acceptors (Lipinski definition) is 3. The summed E-state index contributed by atoms with van der Waals surface area (Å²) < 4.78 is 5.76. The molecule has 0 aliphatic carbocycles. The van der Waals surface area contributed by atoms with Gasteiger partial charge in [-0.25, -0.2) is 4.98 Å². The van der Waals surface area contributed by atoms with Crippen molar-refractivity contribution in [2.24, 2.45) is 0 Å². The minimum Gasteiger partial charge on any atom is -0.440 e. The first-order chi connectivity index (χ1) is 5.36. The molecule has 0 bridgehead atoms. The summed E-state index contributed by atoms with van der Waals surface area (Å²) in [5, 5.41) is 2.02. The van der Waals surface area contributed by atoms with Crippen LogP contribution < -0.4 is 0 Å². The molecule has 0 N–H and O–H groups in total. The van der Waals surface area contributed by atoms with Gasteiger partial charge in [0.05, 0.1) is 4.88 Å². The largest absolute Gasteiger partial charge is 0.440 e. The van der Waals surface area contributed by atoms with Gasteiger partial charge in [0, 0.05) is 22.6 Å². The van der Waals surface area contributed by atoms with Crippen LogP contribution in [0.5, 0.6) is 0 Å². The summed E-state index contributed by atoms with van der Waals surface area (Å²) in [5.41, 5.74) is 0.921. The maximum absolute atomic E-state index is 5.07. The highest BCUT2D eigenvalue weighted by Gasteiger charge is 2.03. The lowest BCUT2D eigenvalue weighted by Crippen LogP contribution is -1.70. The first-order valence-electron chi connectivity index (χ1n) is 3.01. The number of hydrogen-bond donors (Lipinski definition) is 0. The second-order valence-corrected chi connectivity index (χ2v) is 3.83. The third-order valence-electron chi connectivity index (χ3n) is 1.25. The quantitative estimate of drug-likeness (QED) is 0.749. The predicted molar refractivity (Wildman–Crippen MR) is 52.5 cm³/mol. The molecule has 0 amide bonds. The molecule has 2 aromatic rings. The molecule has 2 aromatic heterocycles. The zero-order valence-electron chi connectivity index (χ0n) is 5.45. The molecule has 0 saturated heterocycles. The van der Waals surface area contributed by atoms with Gasteiger partial charge >= 0.3 is 0 Å². The molecule has 0 fully saturated rings. The highest BCUT2D eigenvalue weighted by Crippen LogP contribution is 2.23. The average molecular weight is 277 g/mol. The van der Waals surface area contributed by atoms with Crippen molar-refractivity contribution in [2.45, 2.75) is 0 Å². The van der Waals surface area contributed by atoms with Gasteiger partial charge in [0.1, 0.15) is 12.0 Å². The number of rotatable bonds is 1. The Bertz CT molecular complexity index is 341. The zero-order chi connectivity index (χ0) is 7.68. The van der Waals surface area contributed by atoms with Gasteiger partial charge in [0.25, 0.3) is 3.90 Å². The summed E-state index contributed by atoms with van der Waals surface area (Å²) in [6.07, 6.45) is 1.67. The van der Waals surface area contributed by atoms with Gasteiger partial charge in [-0.2, -0.15) is 0 Å². The number of nitrogens with zero attached hydrogens (tertiary/aromatic N) is 1. The maximum atomic E-state index is 5.07. The Labute approximate surface area is 81.4 Å². The lowest BCUT2D eigenvalue weighted by molar-refractivity contribution is 0.525. The van der Waals surface area contributed by atoms with E-state index in [1.807, 2.05) is 17.5 Å². The Balaban J connectivity index is 2.45. The van der Waals surface area contributed by atoms with E-state index in [1.165, 1.54) is 0 Å². The molecule has 0 aliphatic rings. The van der Waals surface area contributed by atoms with Crippen LogP contribution in [0.25, 0.3) is 10.6 Å². The van der Waals surface area contributed by atoms with Crippen molar-refractivity contribution in [2.75, 3.05) is 0 Å². The molecule has 0 spiro atoms. The summed E-state index contributed by atoms with van der Waals surface area (Å²) in [6, 6.07) is 4.03. The molecule has 4 heteroatoms.